The standard InChI is InChI=1S/C23H26ClN5O3S/c1-15-5-6-16(2)20(13-15)33(31,32)28-11-9-27(10-12-28)23(30)22-19(24)7-8-21(25-22)29-18(4)14-17(3)26-29/h5-8,13-14H,9-12H2,1-4H3. The molecule has 3 heterocycles. The van der Waals surface area contributed by atoms with Gasteiger partial charge < -0.3 is 4.90 Å². The van der Waals surface area contributed by atoms with Crippen LogP contribution in [0.1, 0.15) is 33.0 Å². The van der Waals surface area contributed by atoms with Gasteiger partial charge in [0.2, 0.25) is 10.0 Å². The number of sulfonamides is 1. The molecule has 8 nitrogen and oxygen atoms in total. The van der Waals surface area contributed by atoms with Crippen LogP contribution in [0, 0.1) is 27.7 Å². The summed E-state index contributed by atoms with van der Waals surface area (Å²) in [5, 5.41) is 4.66. The van der Waals surface area contributed by atoms with Crippen molar-refractivity contribution in [1.82, 2.24) is 24.0 Å². The molecular weight excluding hydrogens is 462 g/mol. The van der Waals surface area contributed by atoms with Gasteiger partial charge in [0, 0.05) is 31.9 Å². The fourth-order valence-corrected chi connectivity index (χ4v) is 5.88. The second kappa shape index (κ2) is 8.89. The molecule has 33 heavy (non-hydrogen) atoms. The van der Waals surface area contributed by atoms with Crippen LogP contribution in [0.2, 0.25) is 5.02 Å². The number of amides is 1. The van der Waals surface area contributed by atoms with Gasteiger partial charge in [0.25, 0.3) is 5.91 Å². The third-order valence-electron chi connectivity index (χ3n) is 5.75. The maximum atomic E-state index is 13.2. The van der Waals surface area contributed by atoms with Crippen LogP contribution >= 0.6 is 11.6 Å². The zero-order chi connectivity index (χ0) is 23.9. The summed E-state index contributed by atoms with van der Waals surface area (Å²) < 4.78 is 29.4. The minimum absolute atomic E-state index is 0.132. The average Bonchev–Trinajstić information content (AvgIpc) is 3.13. The van der Waals surface area contributed by atoms with E-state index in [2.05, 4.69) is 10.1 Å². The summed E-state index contributed by atoms with van der Waals surface area (Å²) in [5.74, 6) is 0.177. The predicted molar refractivity (Wildman–Crippen MR) is 126 cm³/mol. The molecule has 0 bridgehead atoms. The zero-order valence-electron chi connectivity index (χ0n) is 19.0. The van der Waals surface area contributed by atoms with Crippen LogP contribution < -0.4 is 0 Å². The fourth-order valence-electron chi connectivity index (χ4n) is 3.97. The first kappa shape index (κ1) is 23.4. The summed E-state index contributed by atoms with van der Waals surface area (Å²) in [7, 11) is -3.64. The monoisotopic (exact) mass is 487 g/mol. The fraction of sp³-hybridized carbons (Fsp3) is 0.348. The molecule has 1 aliphatic rings. The minimum atomic E-state index is -3.64. The number of benzene rings is 1. The molecular formula is C23H26ClN5O3S. The van der Waals surface area contributed by atoms with Crippen LogP contribution in [-0.4, -0.2) is 64.5 Å². The van der Waals surface area contributed by atoms with E-state index >= 15 is 0 Å². The highest BCUT2D eigenvalue weighted by atomic mass is 35.5. The summed E-state index contributed by atoms with van der Waals surface area (Å²) in [6.07, 6.45) is 0. The quantitative estimate of drug-likeness (QED) is 0.563. The van der Waals surface area contributed by atoms with Crippen molar-refractivity contribution in [1.29, 1.82) is 0 Å². The van der Waals surface area contributed by atoms with Crippen molar-refractivity contribution in [3.8, 4) is 5.82 Å². The Balaban J connectivity index is 1.53. The molecule has 1 saturated heterocycles. The maximum Gasteiger partial charge on any atom is 0.274 e. The second-order valence-electron chi connectivity index (χ2n) is 8.30. The van der Waals surface area contributed by atoms with E-state index in [4.69, 9.17) is 11.6 Å². The topological polar surface area (TPSA) is 88.4 Å². The highest BCUT2D eigenvalue weighted by Gasteiger charge is 2.32. The highest BCUT2D eigenvalue weighted by molar-refractivity contribution is 7.89. The van der Waals surface area contributed by atoms with E-state index in [1.165, 1.54) is 4.31 Å². The van der Waals surface area contributed by atoms with Crippen LogP contribution in [0.3, 0.4) is 0 Å². The molecule has 0 spiro atoms. The molecule has 1 fully saturated rings. The second-order valence-corrected chi connectivity index (χ2v) is 10.6. The molecule has 174 valence electrons. The predicted octanol–water partition coefficient (Wildman–Crippen LogP) is 3.30. The van der Waals surface area contributed by atoms with E-state index in [-0.39, 0.29) is 42.8 Å². The Morgan fingerprint density at radius 1 is 0.970 bits per heavy atom. The Morgan fingerprint density at radius 2 is 1.67 bits per heavy atom. The van der Waals surface area contributed by atoms with Crippen molar-refractivity contribution < 1.29 is 13.2 Å². The van der Waals surface area contributed by atoms with E-state index in [1.54, 1.807) is 34.7 Å². The van der Waals surface area contributed by atoms with E-state index in [1.807, 2.05) is 39.0 Å². The van der Waals surface area contributed by atoms with Gasteiger partial charge in [-0.25, -0.2) is 18.1 Å². The van der Waals surface area contributed by atoms with Crippen LogP contribution in [-0.2, 0) is 10.0 Å². The summed E-state index contributed by atoms with van der Waals surface area (Å²) in [6.45, 7) is 8.37. The van der Waals surface area contributed by atoms with Gasteiger partial charge >= 0.3 is 0 Å². The van der Waals surface area contributed by atoms with Crippen molar-refractivity contribution in [3.63, 3.8) is 0 Å². The molecule has 3 aromatic rings. The van der Waals surface area contributed by atoms with Crippen LogP contribution in [0.5, 0.6) is 0 Å². The van der Waals surface area contributed by atoms with Gasteiger partial charge in [0.15, 0.2) is 5.82 Å². The lowest BCUT2D eigenvalue weighted by atomic mass is 10.2. The summed E-state index contributed by atoms with van der Waals surface area (Å²) in [4.78, 5) is 19.6. The number of pyridine rings is 1. The highest BCUT2D eigenvalue weighted by Crippen LogP contribution is 2.24. The number of aryl methyl sites for hydroxylation is 4. The van der Waals surface area contributed by atoms with Gasteiger partial charge in [0.05, 0.1) is 15.6 Å². The molecule has 2 aromatic heterocycles. The lowest BCUT2D eigenvalue weighted by molar-refractivity contribution is 0.0692. The number of carbonyl (C=O) groups is 1. The molecule has 1 aromatic carbocycles. The normalized spacial score (nSPS) is 15.1. The first-order chi connectivity index (χ1) is 15.6. The number of carbonyl (C=O) groups excluding carboxylic acids is 1. The third-order valence-corrected chi connectivity index (χ3v) is 8.09. The average molecular weight is 488 g/mol. The van der Waals surface area contributed by atoms with Gasteiger partial charge in [-0.2, -0.15) is 9.40 Å². The minimum Gasteiger partial charge on any atom is -0.335 e. The number of piperazine rings is 1. The number of nitrogens with zero attached hydrogens (tertiary/aromatic N) is 5. The molecule has 10 heteroatoms. The molecule has 0 aliphatic carbocycles. The molecule has 0 saturated carbocycles. The van der Waals surface area contributed by atoms with Crippen molar-refractivity contribution >= 4 is 27.5 Å². The van der Waals surface area contributed by atoms with Gasteiger partial charge in [-0.3, -0.25) is 4.79 Å². The van der Waals surface area contributed by atoms with E-state index in [0.29, 0.717) is 16.3 Å². The number of rotatable bonds is 4. The largest absolute Gasteiger partial charge is 0.335 e. The molecule has 0 N–H and O–H groups in total. The SMILES string of the molecule is Cc1ccc(C)c(S(=O)(=O)N2CCN(C(=O)c3nc(-n4nc(C)cc4C)ccc3Cl)CC2)c1. The Morgan fingerprint density at radius 3 is 2.30 bits per heavy atom. The van der Waals surface area contributed by atoms with Crippen molar-refractivity contribution in [2.24, 2.45) is 0 Å². The molecule has 1 amide bonds. The summed E-state index contributed by atoms with van der Waals surface area (Å²) in [6, 6.07) is 10.7. The van der Waals surface area contributed by atoms with Crippen LogP contribution in [0.25, 0.3) is 5.82 Å². The Labute approximate surface area is 198 Å². The lowest BCUT2D eigenvalue weighted by Gasteiger charge is -2.34. The molecule has 4 rings (SSSR count). The first-order valence-electron chi connectivity index (χ1n) is 10.6. The van der Waals surface area contributed by atoms with E-state index in [9.17, 15) is 13.2 Å². The third kappa shape index (κ3) is 4.53. The van der Waals surface area contributed by atoms with Gasteiger partial charge in [0.1, 0.15) is 5.69 Å². The van der Waals surface area contributed by atoms with Crippen molar-refractivity contribution in [2.75, 3.05) is 26.2 Å². The first-order valence-corrected chi connectivity index (χ1v) is 12.5. The Hall–Kier alpha value is -2.75. The van der Waals surface area contributed by atoms with Crippen LogP contribution in [0.4, 0.5) is 0 Å². The molecule has 1 aliphatic heterocycles. The number of hydrogen-bond acceptors (Lipinski definition) is 5. The summed E-state index contributed by atoms with van der Waals surface area (Å²) >= 11 is 6.31. The summed E-state index contributed by atoms with van der Waals surface area (Å²) in [5.41, 5.74) is 3.46. The number of aromatic nitrogens is 3. The van der Waals surface area contributed by atoms with Gasteiger partial charge in [-0.1, -0.05) is 23.7 Å². The Kier molecular flexibility index (Phi) is 6.30. The smallest absolute Gasteiger partial charge is 0.274 e. The molecule has 0 atom stereocenters. The van der Waals surface area contributed by atoms with Gasteiger partial charge in [-0.15, -0.1) is 0 Å². The van der Waals surface area contributed by atoms with E-state index < -0.39 is 10.0 Å². The Bertz CT molecular complexity index is 1330. The van der Waals surface area contributed by atoms with Crippen molar-refractivity contribution in [2.45, 2.75) is 32.6 Å². The number of halogens is 1. The molecule has 0 radical (unpaired) electrons. The van der Waals surface area contributed by atoms with Crippen LogP contribution in [0.15, 0.2) is 41.3 Å². The molecule has 0 unspecified atom stereocenters. The van der Waals surface area contributed by atoms with E-state index in [0.717, 1.165) is 17.0 Å². The van der Waals surface area contributed by atoms with Crippen molar-refractivity contribution in [3.05, 3.63) is 69.6 Å². The number of hydrogen-bond donors (Lipinski definition) is 0. The lowest BCUT2D eigenvalue weighted by Crippen LogP contribution is -2.50. The maximum absolute atomic E-state index is 13.2. The zero-order valence-corrected chi connectivity index (χ0v) is 20.6. The van der Waals surface area contributed by atoms with Gasteiger partial charge in [-0.05, 0) is 63.1 Å².